The second-order valence-electron chi connectivity index (χ2n) is 6.02. The van der Waals surface area contributed by atoms with Gasteiger partial charge in [0.15, 0.2) is 5.65 Å². The summed E-state index contributed by atoms with van der Waals surface area (Å²) in [5, 5.41) is -0.109. The maximum Gasteiger partial charge on any atom is 0.160 e. The molecule has 1 atom stereocenters. The van der Waals surface area contributed by atoms with Crippen molar-refractivity contribution in [2.75, 3.05) is 13.6 Å². The number of aromatic nitrogens is 3. The van der Waals surface area contributed by atoms with Crippen LogP contribution in [0.2, 0.25) is 0 Å². The number of nitrogens with zero attached hydrogens (tertiary/aromatic N) is 4. The molecule has 116 valence electrons. The zero-order valence-corrected chi connectivity index (χ0v) is 14.4. The van der Waals surface area contributed by atoms with E-state index in [2.05, 4.69) is 46.4 Å². The highest BCUT2D eigenvalue weighted by Gasteiger charge is 2.16. The van der Waals surface area contributed by atoms with Crippen molar-refractivity contribution in [2.24, 2.45) is 0 Å². The molecule has 0 bridgehead atoms. The Morgan fingerprint density at radius 3 is 2.67 bits per heavy atom. The van der Waals surface area contributed by atoms with Crippen LogP contribution in [0.3, 0.4) is 0 Å². The van der Waals surface area contributed by atoms with Crippen molar-refractivity contribution in [3.8, 4) is 0 Å². The zero-order valence-electron chi connectivity index (χ0n) is 13.6. The molecular weight excluding hydrogens is 284 g/mol. The first-order valence-corrected chi connectivity index (χ1v) is 8.01. The largest absolute Gasteiger partial charge is 0.311 e. The summed E-state index contributed by atoms with van der Waals surface area (Å²) < 4.78 is 2.17. The van der Waals surface area contributed by atoms with E-state index >= 15 is 0 Å². The minimum atomic E-state index is -0.109. The lowest BCUT2D eigenvalue weighted by Crippen LogP contribution is -2.28. The Labute approximate surface area is 132 Å². The Morgan fingerprint density at radius 1 is 1.33 bits per heavy atom. The Morgan fingerprint density at radius 2 is 2.05 bits per heavy atom. The van der Waals surface area contributed by atoms with Crippen molar-refractivity contribution in [2.45, 2.75) is 52.1 Å². The highest BCUT2D eigenvalue weighted by atomic mass is 35.5. The Balaban J connectivity index is 2.22. The number of aryl methyl sites for hydroxylation is 2. The number of imidazole rings is 1. The van der Waals surface area contributed by atoms with Gasteiger partial charge >= 0.3 is 0 Å². The topological polar surface area (TPSA) is 34.0 Å². The minimum absolute atomic E-state index is 0.109. The van der Waals surface area contributed by atoms with Gasteiger partial charge in [0.05, 0.1) is 5.38 Å². The third kappa shape index (κ3) is 3.74. The van der Waals surface area contributed by atoms with Crippen molar-refractivity contribution < 1.29 is 0 Å². The van der Waals surface area contributed by atoms with Crippen LogP contribution < -0.4 is 0 Å². The van der Waals surface area contributed by atoms with Crippen LogP contribution in [0.15, 0.2) is 12.3 Å². The van der Waals surface area contributed by atoms with Crippen molar-refractivity contribution in [1.82, 2.24) is 19.4 Å². The summed E-state index contributed by atoms with van der Waals surface area (Å²) >= 11 is 6.29. The first-order chi connectivity index (χ1) is 9.90. The van der Waals surface area contributed by atoms with Gasteiger partial charge in [-0.3, -0.25) is 0 Å². The van der Waals surface area contributed by atoms with E-state index in [0.29, 0.717) is 6.04 Å². The van der Waals surface area contributed by atoms with Gasteiger partial charge in [-0.25, -0.2) is 9.97 Å². The predicted molar refractivity (Wildman–Crippen MR) is 88.9 cm³/mol. The molecule has 0 fully saturated rings. The third-order valence-electron chi connectivity index (χ3n) is 3.88. The average Bonchev–Trinajstić information content (AvgIpc) is 2.76. The van der Waals surface area contributed by atoms with Crippen molar-refractivity contribution in [3.05, 3.63) is 23.7 Å². The second kappa shape index (κ2) is 6.75. The van der Waals surface area contributed by atoms with Crippen LogP contribution in [0.4, 0.5) is 0 Å². The van der Waals surface area contributed by atoms with Crippen molar-refractivity contribution >= 4 is 22.8 Å². The molecule has 0 aliphatic heterocycles. The van der Waals surface area contributed by atoms with E-state index in [4.69, 9.17) is 11.6 Å². The summed E-state index contributed by atoms with van der Waals surface area (Å²) in [6.07, 6.45) is 2.95. The number of hydrogen-bond acceptors (Lipinski definition) is 3. The van der Waals surface area contributed by atoms with E-state index in [0.717, 1.165) is 42.1 Å². The Kier molecular flexibility index (Phi) is 5.22. The molecule has 0 aliphatic carbocycles. The number of rotatable bonds is 6. The molecule has 0 saturated carbocycles. The molecule has 0 radical (unpaired) electrons. The SMILES string of the molecule is Cc1cnc2c(c1)nc(C(C)Cl)n2CCCN(C)C(C)C. The Bertz CT molecular complexity index is 604. The first-order valence-electron chi connectivity index (χ1n) is 7.57. The van der Waals surface area contributed by atoms with Crippen LogP contribution in [0.25, 0.3) is 11.2 Å². The fourth-order valence-electron chi connectivity index (χ4n) is 2.39. The van der Waals surface area contributed by atoms with E-state index in [1.165, 1.54) is 0 Å². The maximum absolute atomic E-state index is 6.29. The van der Waals surface area contributed by atoms with E-state index in [1.54, 1.807) is 0 Å². The smallest absolute Gasteiger partial charge is 0.160 e. The fraction of sp³-hybridized carbons (Fsp3) is 0.625. The quantitative estimate of drug-likeness (QED) is 0.762. The maximum atomic E-state index is 6.29. The average molecular weight is 309 g/mol. The molecule has 2 heterocycles. The van der Waals surface area contributed by atoms with Gasteiger partial charge in [0.2, 0.25) is 0 Å². The summed E-state index contributed by atoms with van der Waals surface area (Å²) in [7, 11) is 2.16. The highest BCUT2D eigenvalue weighted by Crippen LogP contribution is 2.24. The molecule has 2 rings (SSSR count). The summed E-state index contributed by atoms with van der Waals surface area (Å²) in [6, 6.07) is 2.64. The fourth-order valence-corrected chi connectivity index (χ4v) is 2.56. The lowest BCUT2D eigenvalue weighted by molar-refractivity contribution is 0.265. The molecule has 2 aromatic heterocycles. The van der Waals surface area contributed by atoms with Gasteiger partial charge in [-0.2, -0.15) is 0 Å². The molecule has 0 spiro atoms. The lowest BCUT2D eigenvalue weighted by Gasteiger charge is -2.21. The number of fused-ring (bicyclic) bond motifs is 1. The van der Waals surface area contributed by atoms with Gasteiger partial charge < -0.3 is 9.47 Å². The molecular formula is C16H25ClN4. The molecule has 0 N–H and O–H groups in total. The standard InChI is InChI=1S/C16H25ClN4/c1-11(2)20(5)7-6-8-21-15(13(4)17)19-14-9-12(3)10-18-16(14)21/h9-11,13H,6-8H2,1-5H3. The Hall–Kier alpha value is -1.13. The summed E-state index contributed by atoms with van der Waals surface area (Å²) in [5.74, 6) is 0.914. The van der Waals surface area contributed by atoms with E-state index in [9.17, 15) is 0 Å². The van der Waals surface area contributed by atoms with Crippen LogP contribution in [-0.4, -0.2) is 39.1 Å². The molecule has 5 heteroatoms. The lowest BCUT2D eigenvalue weighted by atomic mass is 10.3. The van der Waals surface area contributed by atoms with Crippen molar-refractivity contribution in [1.29, 1.82) is 0 Å². The van der Waals surface area contributed by atoms with Gasteiger partial charge in [0.25, 0.3) is 0 Å². The van der Waals surface area contributed by atoms with E-state index in [-0.39, 0.29) is 5.38 Å². The number of halogens is 1. The third-order valence-corrected chi connectivity index (χ3v) is 4.08. The van der Waals surface area contributed by atoms with Gasteiger partial charge in [-0.05, 0) is 59.3 Å². The van der Waals surface area contributed by atoms with Gasteiger partial charge in [-0.15, -0.1) is 11.6 Å². The molecule has 0 aliphatic rings. The van der Waals surface area contributed by atoms with Crippen LogP contribution in [-0.2, 0) is 6.54 Å². The van der Waals surface area contributed by atoms with Crippen LogP contribution in [0.1, 0.15) is 44.0 Å². The van der Waals surface area contributed by atoms with Crippen LogP contribution in [0.5, 0.6) is 0 Å². The monoisotopic (exact) mass is 308 g/mol. The zero-order chi connectivity index (χ0) is 15.6. The predicted octanol–water partition coefficient (Wildman–Crippen LogP) is 3.77. The summed E-state index contributed by atoms with van der Waals surface area (Å²) in [6.45, 7) is 10.4. The minimum Gasteiger partial charge on any atom is -0.311 e. The molecule has 1 unspecified atom stereocenters. The summed E-state index contributed by atoms with van der Waals surface area (Å²) in [4.78, 5) is 11.6. The number of pyridine rings is 1. The van der Waals surface area contributed by atoms with Gasteiger partial charge in [0.1, 0.15) is 11.3 Å². The molecule has 2 aromatic rings. The molecule has 21 heavy (non-hydrogen) atoms. The molecule has 0 amide bonds. The first kappa shape index (κ1) is 16.2. The summed E-state index contributed by atoms with van der Waals surface area (Å²) in [5.41, 5.74) is 3.01. The van der Waals surface area contributed by atoms with Crippen LogP contribution in [0, 0.1) is 6.92 Å². The number of hydrogen-bond donors (Lipinski definition) is 0. The molecule has 0 aromatic carbocycles. The molecule has 4 nitrogen and oxygen atoms in total. The highest BCUT2D eigenvalue weighted by molar-refractivity contribution is 6.20. The van der Waals surface area contributed by atoms with E-state index < -0.39 is 0 Å². The number of alkyl halides is 1. The molecule has 0 saturated heterocycles. The second-order valence-corrected chi connectivity index (χ2v) is 6.68. The van der Waals surface area contributed by atoms with Crippen molar-refractivity contribution in [3.63, 3.8) is 0 Å². The van der Waals surface area contributed by atoms with Gasteiger partial charge in [-0.1, -0.05) is 0 Å². The van der Waals surface area contributed by atoms with Crippen LogP contribution >= 0.6 is 11.6 Å². The van der Waals surface area contributed by atoms with Gasteiger partial charge in [0, 0.05) is 18.8 Å². The van der Waals surface area contributed by atoms with E-state index in [1.807, 2.05) is 20.0 Å². The normalized spacial score (nSPS) is 13.5.